The molecule has 0 aliphatic rings. The Morgan fingerprint density at radius 2 is 2.17 bits per heavy atom. The van der Waals surface area contributed by atoms with Gasteiger partial charge in [-0.15, -0.1) is 0 Å². The molecule has 0 aliphatic carbocycles. The van der Waals surface area contributed by atoms with Gasteiger partial charge in [0, 0.05) is 0 Å². The molecule has 0 saturated carbocycles. The molecule has 0 spiro atoms. The number of nitrogens with two attached hydrogens (primary N) is 1. The third kappa shape index (κ3) is 1.48. The van der Waals surface area contributed by atoms with Crippen LogP contribution in [0.2, 0.25) is 0 Å². The SMILES string of the molecule is COc1cc(C)cc(NN)c1F. The Morgan fingerprint density at radius 1 is 1.50 bits per heavy atom. The number of methoxy groups -OCH3 is 1. The fourth-order valence-corrected chi connectivity index (χ4v) is 0.989. The summed E-state index contributed by atoms with van der Waals surface area (Å²) in [5.74, 6) is 4.83. The Kier molecular flexibility index (Phi) is 2.50. The van der Waals surface area contributed by atoms with Gasteiger partial charge in [0.2, 0.25) is 0 Å². The molecule has 0 bridgehead atoms. The number of hydrazine groups is 1. The molecule has 4 heteroatoms. The molecular weight excluding hydrogens is 159 g/mol. The molecule has 0 radical (unpaired) electrons. The topological polar surface area (TPSA) is 47.3 Å². The van der Waals surface area contributed by atoms with Gasteiger partial charge in [-0.25, -0.2) is 4.39 Å². The molecule has 0 amide bonds. The van der Waals surface area contributed by atoms with Crippen molar-refractivity contribution in [2.24, 2.45) is 5.84 Å². The van der Waals surface area contributed by atoms with Crippen LogP contribution < -0.4 is 16.0 Å². The van der Waals surface area contributed by atoms with Crippen molar-refractivity contribution in [1.29, 1.82) is 0 Å². The first-order chi connectivity index (χ1) is 5.69. The average Bonchev–Trinajstić information content (AvgIpc) is 2.08. The number of ether oxygens (including phenoxy) is 1. The van der Waals surface area contributed by atoms with Crippen LogP contribution in [0.1, 0.15) is 5.56 Å². The molecule has 66 valence electrons. The van der Waals surface area contributed by atoms with Gasteiger partial charge in [-0.3, -0.25) is 5.84 Å². The molecule has 0 aliphatic heterocycles. The van der Waals surface area contributed by atoms with E-state index in [1.807, 2.05) is 6.92 Å². The monoisotopic (exact) mass is 170 g/mol. The third-order valence-corrected chi connectivity index (χ3v) is 1.56. The zero-order valence-electron chi connectivity index (χ0n) is 7.02. The van der Waals surface area contributed by atoms with E-state index in [1.54, 1.807) is 12.1 Å². The standard InChI is InChI=1S/C8H11FN2O/c1-5-3-6(11-10)8(9)7(4-5)12-2/h3-4,11H,10H2,1-2H3. The van der Waals surface area contributed by atoms with E-state index in [2.05, 4.69) is 5.43 Å². The fourth-order valence-electron chi connectivity index (χ4n) is 0.989. The Hall–Kier alpha value is -1.29. The molecule has 1 aromatic carbocycles. The maximum Gasteiger partial charge on any atom is 0.189 e. The summed E-state index contributed by atoms with van der Waals surface area (Å²) < 4.78 is 18.0. The van der Waals surface area contributed by atoms with Crippen molar-refractivity contribution >= 4 is 5.69 Å². The van der Waals surface area contributed by atoms with Crippen molar-refractivity contribution < 1.29 is 9.13 Å². The molecule has 0 saturated heterocycles. The van der Waals surface area contributed by atoms with E-state index in [1.165, 1.54) is 7.11 Å². The van der Waals surface area contributed by atoms with Gasteiger partial charge >= 0.3 is 0 Å². The molecule has 0 unspecified atom stereocenters. The molecular formula is C8H11FN2O. The third-order valence-electron chi connectivity index (χ3n) is 1.56. The summed E-state index contributed by atoms with van der Waals surface area (Å²) in [7, 11) is 1.41. The predicted molar refractivity (Wildman–Crippen MR) is 45.5 cm³/mol. The molecule has 1 aromatic rings. The van der Waals surface area contributed by atoms with Gasteiger partial charge in [-0.1, -0.05) is 0 Å². The number of hydrogen-bond donors (Lipinski definition) is 2. The van der Waals surface area contributed by atoms with Gasteiger partial charge in [-0.2, -0.15) is 0 Å². The van der Waals surface area contributed by atoms with E-state index in [-0.39, 0.29) is 11.4 Å². The van der Waals surface area contributed by atoms with Crippen LogP contribution in [0, 0.1) is 12.7 Å². The van der Waals surface area contributed by atoms with Crippen molar-refractivity contribution in [2.75, 3.05) is 12.5 Å². The molecule has 0 atom stereocenters. The van der Waals surface area contributed by atoms with Crippen molar-refractivity contribution in [2.45, 2.75) is 6.92 Å². The van der Waals surface area contributed by atoms with Crippen LogP contribution in [0.3, 0.4) is 0 Å². The molecule has 0 aromatic heterocycles. The predicted octanol–water partition coefficient (Wildman–Crippen LogP) is 1.43. The van der Waals surface area contributed by atoms with Crippen molar-refractivity contribution in [3.8, 4) is 5.75 Å². The zero-order valence-corrected chi connectivity index (χ0v) is 7.02. The van der Waals surface area contributed by atoms with Crippen LogP contribution in [0.15, 0.2) is 12.1 Å². The number of hydrogen-bond acceptors (Lipinski definition) is 3. The molecule has 3 N–H and O–H groups in total. The van der Waals surface area contributed by atoms with Gasteiger partial charge in [-0.05, 0) is 24.6 Å². The largest absolute Gasteiger partial charge is 0.494 e. The van der Waals surface area contributed by atoms with Crippen LogP contribution in [0.25, 0.3) is 0 Å². The lowest BCUT2D eigenvalue weighted by Gasteiger charge is -2.07. The van der Waals surface area contributed by atoms with Crippen molar-refractivity contribution in [1.82, 2.24) is 0 Å². The number of benzene rings is 1. The summed E-state index contributed by atoms with van der Waals surface area (Å²) in [4.78, 5) is 0. The van der Waals surface area contributed by atoms with Crippen LogP contribution in [-0.2, 0) is 0 Å². The van der Waals surface area contributed by atoms with Crippen LogP contribution >= 0.6 is 0 Å². The highest BCUT2D eigenvalue weighted by atomic mass is 19.1. The Morgan fingerprint density at radius 3 is 2.67 bits per heavy atom. The van der Waals surface area contributed by atoms with E-state index in [9.17, 15) is 4.39 Å². The summed E-state index contributed by atoms with van der Waals surface area (Å²) in [5, 5.41) is 0. The zero-order chi connectivity index (χ0) is 9.14. The van der Waals surface area contributed by atoms with E-state index in [0.29, 0.717) is 0 Å². The minimum atomic E-state index is -0.467. The lowest BCUT2D eigenvalue weighted by atomic mass is 10.2. The van der Waals surface area contributed by atoms with Crippen LogP contribution in [-0.4, -0.2) is 7.11 Å². The van der Waals surface area contributed by atoms with Crippen molar-refractivity contribution in [3.63, 3.8) is 0 Å². The second-order valence-electron chi connectivity index (χ2n) is 2.47. The maximum atomic E-state index is 13.2. The van der Waals surface area contributed by atoms with Crippen LogP contribution in [0.4, 0.5) is 10.1 Å². The number of rotatable bonds is 2. The van der Waals surface area contributed by atoms with Gasteiger partial charge in [0.05, 0.1) is 12.8 Å². The van der Waals surface area contributed by atoms with Gasteiger partial charge in [0.1, 0.15) is 0 Å². The normalized spacial score (nSPS) is 9.67. The second kappa shape index (κ2) is 3.40. The summed E-state index contributed by atoms with van der Waals surface area (Å²) in [6.07, 6.45) is 0. The van der Waals surface area contributed by atoms with Gasteiger partial charge in [0.25, 0.3) is 0 Å². The first-order valence-corrected chi connectivity index (χ1v) is 3.49. The minimum absolute atomic E-state index is 0.197. The quantitative estimate of drug-likeness (QED) is 0.521. The fraction of sp³-hybridized carbons (Fsp3) is 0.250. The summed E-state index contributed by atoms with van der Waals surface area (Å²) in [5.41, 5.74) is 3.39. The number of aryl methyl sites for hydroxylation is 1. The number of nitrogen functional groups attached to an aromatic ring is 1. The van der Waals surface area contributed by atoms with Crippen molar-refractivity contribution in [3.05, 3.63) is 23.5 Å². The average molecular weight is 170 g/mol. The van der Waals surface area contributed by atoms with E-state index in [0.717, 1.165) is 5.56 Å². The molecule has 1 rings (SSSR count). The highest BCUT2D eigenvalue weighted by molar-refractivity contribution is 5.51. The Labute approximate surface area is 70.3 Å². The van der Waals surface area contributed by atoms with E-state index >= 15 is 0 Å². The molecule has 12 heavy (non-hydrogen) atoms. The van der Waals surface area contributed by atoms with Crippen LogP contribution in [0.5, 0.6) is 5.75 Å². The maximum absolute atomic E-state index is 13.2. The summed E-state index contributed by atoms with van der Waals surface area (Å²) in [6, 6.07) is 3.22. The van der Waals surface area contributed by atoms with E-state index < -0.39 is 5.82 Å². The second-order valence-corrected chi connectivity index (χ2v) is 2.47. The first-order valence-electron chi connectivity index (χ1n) is 3.49. The molecule has 0 heterocycles. The highest BCUT2D eigenvalue weighted by Crippen LogP contribution is 2.25. The number of nitrogens with one attached hydrogen (secondary N) is 1. The van der Waals surface area contributed by atoms with Gasteiger partial charge in [0.15, 0.2) is 11.6 Å². The molecule has 3 nitrogen and oxygen atoms in total. The minimum Gasteiger partial charge on any atom is -0.494 e. The smallest absolute Gasteiger partial charge is 0.189 e. The summed E-state index contributed by atoms with van der Waals surface area (Å²) in [6.45, 7) is 1.84. The highest BCUT2D eigenvalue weighted by Gasteiger charge is 2.08. The molecule has 0 fully saturated rings. The number of halogens is 1. The Bertz CT molecular complexity index is 263. The number of anilines is 1. The lowest BCUT2D eigenvalue weighted by molar-refractivity contribution is 0.387. The summed E-state index contributed by atoms with van der Waals surface area (Å²) >= 11 is 0. The Balaban J connectivity index is 3.22. The lowest BCUT2D eigenvalue weighted by Crippen LogP contribution is -2.09. The van der Waals surface area contributed by atoms with E-state index in [4.69, 9.17) is 10.6 Å². The first kappa shape index (κ1) is 8.80. The van der Waals surface area contributed by atoms with Gasteiger partial charge < -0.3 is 10.2 Å².